The second-order valence-corrected chi connectivity index (χ2v) is 10.1. The number of fused-ring (bicyclic) bond motifs is 6. The van der Waals surface area contributed by atoms with Crippen LogP contribution in [0.1, 0.15) is 24.8 Å². The normalized spacial score (nSPS) is 28.5. The topological polar surface area (TPSA) is 48.0 Å². The molecule has 3 heterocycles. The molecule has 180 valence electrons. The van der Waals surface area contributed by atoms with E-state index in [1.165, 1.54) is 16.2 Å². The predicted molar refractivity (Wildman–Crippen MR) is 138 cm³/mol. The maximum atomic E-state index is 12.6. The molecule has 0 saturated carbocycles. The average Bonchev–Trinajstić information content (AvgIpc) is 3.56. The van der Waals surface area contributed by atoms with Crippen LogP contribution in [-0.2, 0) is 19.0 Å². The van der Waals surface area contributed by atoms with Crippen molar-refractivity contribution in [1.29, 1.82) is 0 Å². The van der Waals surface area contributed by atoms with Crippen molar-refractivity contribution in [2.24, 2.45) is 0 Å². The van der Waals surface area contributed by atoms with Crippen LogP contribution in [0.4, 0.5) is 0 Å². The van der Waals surface area contributed by atoms with Gasteiger partial charge in [0.05, 0.1) is 12.1 Å². The Morgan fingerprint density at radius 1 is 1.00 bits per heavy atom. The molecule has 7 rings (SSSR count). The third kappa shape index (κ3) is 2.99. The average molecular weight is 478 g/mol. The summed E-state index contributed by atoms with van der Waals surface area (Å²) in [4.78, 5) is 15.1. The molecule has 1 spiro atoms. The molecule has 3 aromatic rings. The van der Waals surface area contributed by atoms with Gasteiger partial charge in [-0.1, -0.05) is 66.4 Å². The number of carbonyl (C=O) groups is 1. The highest BCUT2D eigenvalue weighted by molar-refractivity contribution is 6.10. The molecule has 2 fully saturated rings. The maximum absolute atomic E-state index is 12.6. The van der Waals surface area contributed by atoms with Crippen molar-refractivity contribution >= 4 is 27.5 Å². The first-order valence-corrected chi connectivity index (χ1v) is 12.6. The Balaban J connectivity index is 1.34. The summed E-state index contributed by atoms with van der Waals surface area (Å²) in [5.41, 5.74) is 2.18. The van der Waals surface area contributed by atoms with Gasteiger partial charge in [-0.2, -0.15) is 0 Å². The van der Waals surface area contributed by atoms with Gasteiger partial charge in [-0.3, -0.25) is 4.90 Å². The Bertz CT molecular complexity index is 1540. The first kappa shape index (κ1) is 21.8. The van der Waals surface area contributed by atoms with Crippen LogP contribution in [0, 0.1) is 11.8 Å². The summed E-state index contributed by atoms with van der Waals surface area (Å²) in [6, 6.07) is 19.3. The fourth-order valence-electron chi connectivity index (χ4n) is 7.09. The monoisotopic (exact) mass is 477 g/mol. The Hall–Kier alpha value is -3.43. The van der Waals surface area contributed by atoms with Crippen molar-refractivity contribution in [2.75, 3.05) is 14.2 Å². The highest BCUT2D eigenvalue weighted by atomic mass is 16.7. The molecule has 2 saturated heterocycles. The molecular weight excluding hydrogens is 450 g/mol. The van der Waals surface area contributed by atoms with E-state index < -0.39 is 5.60 Å². The fraction of sp³-hybridized carbons (Fsp3) is 0.323. The molecule has 5 nitrogen and oxygen atoms in total. The highest BCUT2D eigenvalue weighted by Gasteiger charge is 2.65. The van der Waals surface area contributed by atoms with E-state index in [9.17, 15) is 4.79 Å². The van der Waals surface area contributed by atoms with Gasteiger partial charge in [0.25, 0.3) is 0 Å². The Labute approximate surface area is 210 Å². The van der Waals surface area contributed by atoms with E-state index in [1.54, 1.807) is 20.3 Å². The van der Waals surface area contributed by atoms with E-state index in [1.807, 2.05) is 0 Å². The highest BCUT2D eigenvalue weighted by Crippen LogP contribution is 2.56. The molecule has 0 N–H and O–H groups in total. The molecule has 1 aliphatic carbocycles. The molecule has 5 heteroatoms. The van der Waals surface area contributed by atoms with Gasteiger partial charge in [0, 0.05) is 49.5 Å². The summed E-state index contributed by atoms with van der Waals surface area (Å²) >= 11 is 0. The summed E-state index contributed by atoms with van der Waals surface area (Å²) in [5.74, 6) is 6.67. The molecule has 2 bridgehead atoms. The first-order chi connectivity index (χ1) is 17.6. The van der Waals surface area contributed by atoms with Gasteiger partial charge in [-0.25, -0.2) is 4.79 Å². The quantitative estimate of drug-likeness (QED) is 0.236. The summed E-state index contributed by atoms with van der Waals surface area (Å²) < 4.78 is 17.4. The van der Waals surface area contributed by atoms with Gasteiger partial charge in [0.2, 0.25) is 0 Å². The predicted octanol–water partition coefficient (Wildman–Crippen LogP) is 4.73. The molecule has 3 aromatic carbocycles. The van der Waals surface area contributed by atoms with E-state index >= 15 is 0 Å². The van der Waals surface area contributed by atoms with Gasteiger partial charge in [-0.05, 0) is 40.5 Å². The van der Waals surface area contributed by atoms with E-state index in [0.29, 0.717) is 0 Å². The van der Waals surface area contributed by atoms with Gasteiger partial charge in [0.15, 0.2) is 11.9 Å². The van der Waals surface area contributed by atoms with Crippen molar-refractivity contribution in [3.63, 3.8) is 0 Å². The van der Waals surface area contributed by atoms with Crippen molar-refractivity contribution in [1.82, 2.24) is 4.90 Å². The van der Waals surface area contributed by atoms with E-state index in [-0.39, 0.29) is 30.4 Å². The van der Waals surface area contributed by atoms with Crippen LogP contribution >= 0.6 is 0 Å². The standard InChI is InChI=1S/C31H27NO4/c1-34-30(35-2)27-13-14-28-31-18-22(32(27)28)16-21(26(31)17-29(33)36-31)12-11-20-15-19-7-3-4-8-23(19)25-10-6-5-9-24(20)25/h3-10,15-17,22,27-28,30H,13-14,18H2,1-2H3/t22-,27?,28-,31+/m1/s1. The van der Waals surface area contributed by atoms with Crippen LogP contribution in [0.2, 0.25) is 0 Å². The van der Waals surface area contributed by atoms with Crippen molar-refractivity contribution in [3.8, 4) is 11.8 Å². The van der Waals surface area contributed by atoms with E-state index in [2.05, 4.69) is 77.4 Å². The van der Waals surface area contributed by atoms with Crippen molar-refractivity contribution < 1.29 is 19.0 Å². The number of rotatable bonds is 3. The van der Waals surface area contributed by atoms with Crippen LogP contribution in [0.15, 0.2) is 77.9 Å². The molecule has 0 aromatic heterocycles. The number of benzene rings is 3. The lowest BCUT2D eigenvalue weighted by Crippen LogP contribution is -2.48. The zero-order valence-electron chi connectivity index (χ0n) is 20.4. The zero-order chi connectivity index (χ0) is 24.4. The Kier molecular flexibility index (Phi) is 4.87. The number of methoxy groups -OCH3 is 2. The molecule has 3 aliphatic heterocycles. The molecule has 4 atom stereocenters. The number of ether oxygens (including phenoxy) is 3. The Morgan fingerprint density at radius 3 is 2.56 bits per heavy atom. The minimum absolute atomic E-state index is 0.107. The van der Waals surface area contributed by atoms with Crippen LogP contribution in [0.3, 0.4) is 0 Å². The number of nitrogens with zero attached hydrogens (tertiary/aromatic N) is 1. The fourth-order valence-corrected chi connectivity index (χ4v) is 7.09. The summed E-state index contributed by atoms with van der Waals surface area (Å²) in [6.07, 6.45) is 6.20. The second kappa shape index (κ2) is 8.04. The molecular formula is C31H27NO4. The van der Waals surface area contributed by atoms with Crippen LogP contribution < -0.4 is 0 Å². The van der Waals surface area contributed by atoms with E-state index in [0.717, 1.165) is 41.4 Å². The smallest absolute Gasteiger partial charge is 0.332 e. The van der Waals surface area contributed by atoms with Crippen LogP contribution in [-0.4, -0.2) is 55.1 Å². The summed E-state index contributed by atoms with van der Waals surface area (Å²) in [5, 5.41) is 4.72. The van der Waals surface area contributed by atoms with Crippen molar-refractivity contribution in [3.05, 3.63) is 83.5 Å². The molecule has 0 radical (unpaired) electrons. The largest absolute Gasteiger partial charge is 0.449 e. The minimum atomic E-state index is -0.632. The van der Waals surface area contributed by atoms with Gasteiger partial charge in [-0.15, -0.1) is 0 Å². The van der Waals surface area contributed by atoms with Gasteiger partial charge in [0.1, 0.15) is 0 Å². The number of hydrogen-bond donors (Lipinski definition) is 0. The molecule has 36 heavy (non-hydrogen) atoms. The number of hydrogen-bond acceptors (Lipinski definition) is 5. The van der Waals surface area contributed by atoms with E-state index in [4.69, 9.17) is 14.2 Å². The summed E-state index contributed by atoms with van der Waals surface area (Å²) in [7, 11) is 3.37. The number of carbonyl (C=O) groups excluding carboxylic acids is 1. The molecule has 0 amide bonds. The molecule has 4 aliphatic rings. The second-order valence-electron chi connectivity index (χ2n) is 10.1. The maximum Gasteiger partial charge on any atom is 0.332 e. The lowest BCUT2D eigenvalue weighted by atomic mass is 9.77. The van der Waals surface area contributed by atoms with Gasteiger partial charge >= 0.3 is 5.97 Å². The SMILES string of the molecule is COC(OC)C1CC[C@H]2N1[C@@H]1C=C(C#Cc3cc4ccccc4c4ccccc34)C3=CC(=O)O[C@@]32C1. The minimum Gasteiger partial charge on any atom is -0.449 e. The number of esters is 1. The van der Waals surface area contributed by atoms with Crippen LogP contribution in [0.25, 0.3) is 21.5 Å². The third-order valence-electron chi connectivity index (χ3n) is 8.44. The van der Waals surface area contributed by atoms with Gasteiger partial charge < -0.3 is 14.2 Å². The van der Waals surface area contributed by atoms with Crippen LogP contribution in [0.5, 0.6) is 0 Å². The lowest BCUT2D eigenvalue weighted by molar-refractivity contribution is -0.151. The summed E-state index contributed by atoms with van der Waals surface area (Å²) in [6.45, 7) is 0. The zero-order valence-corrected chi connectivity index (χ0v) is 20.4. The lowest BCUT2D eigenvalue weighted by Gasteiger charge is -2.33. The Morgan fingerprint density at radius 2 is 1.75 bits per heavy atom. The molecule has 1 unspecified atom stereocenters. The van der Waals surface area contributed by atoms with Crippen molar-refractivity contribution in [2.45, 2.75) is 49.3 Å². The first-order valence-electron chi connectivity index (χ1n) is 12.6. The third-order valence-corrected chi connectivity index (χ3v) is 8.44.